The Morgan fingerprint density at radius 3 is 2.22 bits per heavy atom. The third-order valence-electron chi connectivity index (χ3n) is 2.92. The summed E-state index contributed by atoms with van der Waals surface area (Å²) in [4.78, 5) is 11.6. The van der Waals surface area contributed by atoms with Gasteiger partial charge in [0.15, 0.2) is 6.10 Å². The Kier molecular flexibility index (Phi) is 12.5. The zero-order chi connectivity index (χ0) is 13.6. The van der Waals surface area contributed by atoms with Gasteiger partial charge in [-0.2, -0.15) is 0 Å². The minimum atomic E-state index is -0.356. The van der Waals surface area contributed by atoms with Crippen molar-refractivity contribution in [2.45, 2.75) is 78.2 Å². The molecule has 0 bridgehead atoms. The van der Waals surface area contributed by atoms with Crippen LogP contribution in [0, 0.1) is 0 Å². The van der Waals surface area contributed by atoms with Crippen LogP contribution in [0.3, 0.4) is 0 Å². The van der Waals surface area contributed by atoms with Crippen molar-refractivity contribution in [3.8, 4) is 0 Å². The average Bonchev–Trinajstić information content (AvgIpc) is 2.36. The van der Waals surface area contributed by atoms with E-state index in [-0.39, 0.29) is 12.1 Å². The fourth-order valence-corrected chi connectivity index (χ4v) is 1.87. The van der Waals surface area contributed by atoms with Gasteiger partial charge in [0, 0.05) is 6.61 Å². The van der Waals surface area contributed by atoms with Gasteiger partial charge in [-0.15, -0.1) is 0 Å². The van der Waals surface area contributed by atoms with Gasteiger partial charge in [-0.25, -0.2) is 4.79 Å². The van der Waals surface area contributed by atoms with Gasteiger partial charge in [-0.1, -0.05) is 52.4 Å². The molecule has 1 unspecified atom stereocenters. The lowest BCUT2D eigenvalue weighted by molar-refractivity contribution is -0.157. The second-order valence-electron chi connectivity index (χ2n) is 4.67. The van der Waals surface area contributed by atoms with Crippen LogP contribution in [-0.2, 0) is 14.3 Å². The van der Waals surface area contributed by atoms with E-state index in [1.165, 1.54) is 32.1 Å². The van der Waals surface area contributed by atoms with Crippen LogP contribution in [0.5, 0.6) is 0 Å². The maximum absolute atomic E-state index is 11.6. The molecule has 0 aliphatic heterocycles. The van der Waals surface area contributed by atoms with Crippen molar-refractivity contribution in [1.29, 1.82) is 0 Å². The molecule has 3 nitrogen and oxygen atoms in total. The minimum absolute atomic E-state index is 0.203. The highest BCUT2D eigenvalue weighted by Crippen LogP contribution is 2.09. The molecule has 0 radical (unpaired) electrons. The molecule has 0 aromatic heterocycles. The maximum Gasteiger partial charge on any atom is 0.335 e. The summed E-state index contributed by atoms with van der Waals surface area (Å²) in [5.74, 6) is -0.203. The molecular formula is C15H30O3. The molecule has 0 rings (SSSR count). The summed E-state index contributed by atoms with van der Waals surface area (Å²) in [6, 6.07) is 0. The summed E-state index contributed by atoms with van der Waals surface area (Å²) in [6.45, 7) is 7.21. The van der Waals surface area contributed by atoms with Crippen molar-refractivity contribution >= 4 is 5.97 Å². The van der Waals surface area contributed by atoms with E-state index < -0.39 is 0 Å². The molecule has 0 saturated carbocycles. The molecular weight excluding hydrogens is 228 g/mol. The SMILES string of the molecule is CCCCCCCCOC(CCC)C(=O)OCC. The van der Waals surface area contributed by atoms with Gasteiger partial charge in [0.25, 0.3) is 0 Å². The van der Waals surface area contributed by atoms with E-state index in [2.05, 4.69) is 13.8 Å². The lowest BCUT2D eigenvalue weighted by Gasteiger charge is -2.15. The number of rotatable bonds is 12. The monoisotopic (exact) mass is 258 g/mol. The van der Waals surface area contributed by atoms with E-state index >= 15 is 0 Å². The Bertz CT molecular complexity index is 192. The molecule has 0 heterocycles. The maximum atomic E-state index is 11.6. The van der Waals surface area contributed by atoms with E-state index in [4.69, 9.17) is 9.47 Å². The van der Waals surface area contributed by atoms with Gasteiger partial charge in [0.05, 0.1) is 6.61 Å². The lowest BCUT2D eigenvalue weighted by Crippen LogP contribution is -2.27. The van der Waals surface area contributed by atoms with E-state index in [1.54, 1.807) is 0 Å². The summed E-state index contributed by atoms with van der Waals surface area (Å²) < 4.78 is 10.6. The Morgan fingerprint density at radius 2 is 1.61 bits per heavy atom. The fourth-order valence-electron chi connectivity index (χ4n) is 1.87. The van der Waals surface area contributed by atoms with Crippen molar-refractivity contribution in [3.63, 3.8) is 0 Å². The molecule has 0 aliphatic rings. The van der Waals surface area contributed by atoms with E-state index in [0.717, 1.165) is 19.3 Å². The minimum Gasteiger partial charge on any atom is -0.464 e. The van der Waals surface area contributed by atoms with Crippen molar-refractivity contribution in [2.75, 3.05) is 13.2 Å². The van der Waals surface area contributed by atoms with E-state index in [9.17, 15) is 4.79 Å². The molecule has 0 aliphatic carbocycles. The number of unbranched alkanes of at least 4 members (excludes halogenated alkanes) is 5. The first-order valence-electron chi connectivity index (χ1n) is 7.54. The summed E-state index contributed by atoms with van der Waals surface area (Å²) in [5.41, 5.74) is 0. The zero-order valence-electron chi connectivity index (χ0n) is 12.4. The highest BCUT2D eigenvalue weighted by molar-refractivity contribution is 5.74. The normalized spacial score (nSPS) is 12.4. The third kappa shape index (κ3) is 9.46. The third-order valence-corrected chi connectivity index (χ3v) is 2.92. The smallest absolute Gasteiger partial charge is 0.335 e. The predicted octanol–water partition coefficient (Wildman–Crippen LogP) is 4.10. The molecule has 0 spiro atoms. The van der Waals surface area contributed by atoms with E-state index in [1.807, 2.05) is 6.92 Å². The molecule has 0 aromatic rings. The first-order valence-corrected chi connectivity index (χ1v) is 7.54. The molecule has 0 amide bonds. The van der Waals surface area contributed by atoms with Crippen molar-refractivity contribution in [3.05, 3.63) is 0 Å². The fraction of sp³-hybridized carbons (Fsp3) is 0.933. The Balaban J connectivity index is 3.60. The average molecular weight is 258 g/mol. The van der Waals surface area contributed by atoms with Crippen LogP contribution in [0.2, 0.25) is 0 Å². The number of esters is 1. The Hall–Kier alpha value is -0.570. The van der Waals surface area contributed by atoms with Crippen molar-refractivity contribution in [2.24, 2.45) is 0 Å². The van der Waals surface area contributed by atoms with Crippen LogP contribution in [0.4, 0.5) is 0 Å². The molecule has 1 atom stereocenters. The van der Waals surface area contributed by atoms with Crippen molar-refractivity contribution in [1.82, 2.24) is 0 Å². The van der Waals surface area contributed by atoms with Gasteiger partial charge in [0.1, 0.15) is 0 Å². The number of hydrogen-bond donors (Lipinski definition) is 0. The van der Waals surface area contributed by atoms with Gasteiger partial charge in [0.2, 0.25) is 0 Å². The Morgan fingerprint density at radius 1 is 0.944 bits per heavy atom. The van der Waals surface area contributed by atoms with Gasteiger partial charge >= 0.3 is 5.97 Å². The second-order valence-corrected chi connectivity index (χ2v) is 4.67. The van der Waals surface area contributed by atoms with Crippen LogP contribution in [-0.4, -0.2) is 25.3 Å². The topological polar surface area (TPSA) is 35.5 Å². The van der Waals surface area contributed by atoms with Crippen LogP contribution in [0.15, 0.2) is 0 Å². The van der Waals surface area contributed by atoms with Crippen LogP contribution in [0.1, 0.15) is 72.1 Å². The summed E-state index contributed by atoms with van der Waals surface area (Å²) in [7, 11) is 0. The summed E-state index contributed by atoms with van der Waals surface area (Å²) in [5, 5.41) is 0. The van der Waals surface area contributed by atoms with Crippen LogP contribution >= 0.6 is 0 Å². The quantitative estimate of drug-likeness (QED) is 0.390. The molecule has 0 fully saturated rings. The first kappa shape index (κ1) is 17.4. The van der Waals surface area contributed by atoms with Crippen LogP contribution < -0.4 is 0 Å². The Labute approximate surface area is 112 Å². The number of hydrogen-bond acceptors (Lipinski definition) is 3. The molecule has 108 valence electrons. The number of carbonyl (C=O) groups is 1. The molecule has 18 heavy (non-hydrogen) atoms. The van der Waals surface area contributed by atoms with Gasteiger partial charge < -0.3 is 9.47 Å². The lowest BCUT2D eigenvalue weighted by atomic mass is 10.1. The predicted molar refractivity (Wildman–Crippen MR) is 74.7 cm³/mol. The highest BCUT2D eigenvalue weighted by Gasteiger charge is 2.18. The zero-order valence-corrected chi connectivity index (χ0v) is 12.4. The first-order chi connectivity index (χ1) is 8.76. The molecule has 0 aromatic carbocycles. The second kappa shape index (κ2) is 12.9. The van der Waals surface area contributed by atoms with Crippen LogP contribution in [0.25, 0.3) is 0 Å². The molecule has 0 saturated heterocycles. The summed E-state index contributed by atoms with van der Waals surface area (Å²) >= 11 is 0. The molecule has 3 heteroatoms. The number of ether oxygens (including phenoxy) is 2. The van der Waals surface area contributed by atoms with Crippen molar-refractivity contribution < 1.29 is 14.3 Å². The van der Waals surface area contributed by atoms with Gasteiger partial charge in [-0.05, 0) is 19.8 Å². The number of carbonyl (C=O) groups excluding carboxylic acids is 1. The highest BCUT2D eigenvalue weighted by atomic mass is 16.6. The summed E-state index contributed by atoms with van der Waals surface area (Å²) in [6.07, 6.45) is 8.77. The van der Waals surface area contributed by atoms with E-state index in [0.29, 0.717) is 13.2 Å². The standard InChI is InChI=1S/C15H30O3/c1-4-7-8-9-10-11-13-18-14(12-5-2)15(16)17-6-3/h14H,4-13H2,1-3H3. The largest absolute Gasteiger partial charge is 0.464 e. The molecule has 0 N–H and O–H groups in total. The van der Waals surface area contributed by atoms with Gasteiger partial charge in [-0.3, -0.25) is 0 Å².